The topological polar surface area (TPSA) is 46.3 Å². The quantitative estimate of drug-likeness (QED) is 0.861. The molecule has 1 aromatic carbocycles. The molecule has 1 fully saturated rings. The van der Waals surface area contributed by atoms with E-state index in [1.165, 1.54) is 6.42 Å². The molecule has 0 radical (unpaired) electrons. The van der Waals surface area contributed by atoms with Gasteiger partial charge in [0, 0.05) is 29.6 Å². The van der Waals surface area contributed by atoms with Gasteiger partial charge in [0.25, 0.3) is 5.91 Å². The van der Waals surface area contributed by atoms with E-state index in [9.17, 15) is 4.79 Å². The van der Waals surface area contributed by atoms with Crippen molar-refractivity contribution in [1.82, 2.24) is 4.90 Å². The van der Waals surface area contributed by atoms with Crippen molar-refractivity contribution >= 4 is 23.4 Å². The first-order valence-corrected chi connectivity index (χ1v) is 7.91. The largest absolute Gasteiger partial charge is 0.399 e. The van der Waals surface area contributed by atoms with E-state index in [4.69, 9.17) is 5.73 Å². The first-order valence-electron chi connectivity index (χ1n) is 6.86. The molecular formula is C15H22N2OS. The zero-order chi connectivity index (χ0) is 13.8. The Bertz CT molecular complexity index is 450. The highest BCUT2D eigenvalue weighted by Gasteiger charge is 2.30. The van der Waals surface area contributed by atoms with Crippen LogP contribution in [-0.4, -0.2) is 34.9 Å². The summed E-state index contributed by atoms with van der Waals surface area (Å²) in [5.74, 6) is 1.24. The lowest BCUT2D eigenvalue weighted by molar-refractivity contribution is 0.0735. The predicted octanol–water partition coefficient (Wildman–Crippen LogP) is 3.02. The summed E-state index contributed by atoms with van der Waals surface area (Å²) >= 11 is 2.01. The maximum Gasteiger partial charge on any atom is 0.253 e. The molecule has 1 saturated carbocycles. The molecule has 0 spiro atoms. The molecule has 4 heteroatoms. The first kappa shape index (κ1) is 14.3. The van der Waals surface area contributed by atoms with Gasteiger partial charge >= 0.3 is 0 Å². The van der Waals surface area contributed by atoms with Crippen LogP contribution >= 0.6 is 11.8 Å². The SMILES string of the molecule is CCS[C@@H]1CC[C@H](N(C)C(=O)c2cccc(N)c2)C1. The van der Waals surface area contributed by atoms with Crippen molar-refractivity contribution in [3.8, 4) is 0 Å². The van der Waals surface area contributed by atoms with E-state index in [1.54, 1.807) is 12.1 Å². The smallest absolute Gasteiger partial charge is 0.253 e. The van der Waals surface area contributed by atoms with Crippen molar-refractivity contribution in [3.63, 3.8) is 0 Å². The number of hydrogen-bond donors (Lipinski definition) is 1. The normalized spacial score (nSPS) is 22.4. The summed E-state index contributed by atoms with van der Waals surface area (Å²) in [6.07, 6.45) is 3.45. The molecule has 2 N–H and O–H groups in total. The lowest BCUT2D eigenvalue weighted by Gasteiger charge is -2.25. The zero-order valence-electron chi connectivity index (χ0n) is 11.6. The van der Waals surface area contributed by atoms with Crippen molar-refractivity contribution in [3.05, 3.63) is 29.8 Å². The number of amides is 1. The highest BCUT2D eigenvalue weighted by Crippen LogP contribution is 2.32. The number of carbonyl (C=O) groups is 1. The van der Waals surface area contributed by atoms with E-state index in [1.807, 2.05) is 35.8 Å². The third kappa shape index (κ3) is 3.44. The summed E-state index contributed by atoms with van der Waals surface area (Å²) in [4.78, 5) is 14.3. The Balaban J connectivity index is 2.00. The molecule has 0 heterocycles. The molecule has 0 saturated heterocycles. The van der Waals surface area contributed by atoms with Crippen LogP contribution in [0.4, 0.5) is 5.69 Å². The Morgan fingerprint density at radius 1 is 1.47 bits per heavy atom. The van der Waals surface area contributed by atoms with Crippen molar-refractivity contribution < 1.29 is 4.79 Å². The minimum absolute atomic E-state index is 0.0828. The van der Waals surface area contributed by atoms with Gasteiger partial charge in [0.2, 0.25) is 0 Å². The van der Waals surface area contributed by atoms with Crippen LogP contribution in [-0.2, 0) is 0 Å². The van der Waals surface area contributed by atoms with Gasteiger partial charge in [0.1, 0.15) is 0 Å². The monoisotopic (exact) mass is 278 g/mol. The average Bonchev–Trinajstić information content (AvgIpc) is 2.86. The van der Waals surface area contributed by atoms with Gasteiger partial charge in [0.15, 0.2) is 0 Å². The van der Waals surface area contributed by atoms with Gasteiger partial charge in [-0.3, -0.25) is 4.79 Å². The second kappa shape index (κ2) is 6.33. The average molecular weight is 278 g/mol. The van der Waals surface area contributed by atoms with E-state index in [0.717, 1.165) is 18.6 Å². The van der Waals surface area contributed by atoms with E-state index >= 15 is 0 Å². The Kier molecular flexibility index (Phi) is 4.75. The van der Waals surface area contributed by atoms with E-state index < -0.39 is 0 Å². The van der Waals surface area contributed by atoms with E-state index in [0.29, 0.717) is 22.5 Å². The molecule has 0 bridgehead atoms. The van der Waals surface area contributed by atoms with E-state index in [2.05, 4.69) is 6.92 Å². The lowest BCUT2D eigenvalue weighted by atomic mass is 10.1. The number of thioether (sulfide) groups is 1. The summed E-state index contributed by atoms with van der Waals surface area (Å²) in [5.41, 5.74) is 7.07. The number of rotatable bonds is 4. The molecule has 1 aliphatic rings. The Hall–Kier alpha value is -1.16. The van der Waals surface area contributed by atoms with Crippen LogP contribution in [0.25, 0.3) is 0 Å². The number of anilines is 1. The van der Waals surface area contributed by atoms with Crippen LogP contribution in [0.5, 0.6) is 0 Å². The molecule has 19 heavy (non-hydrogen) atoms. The highest BCUT2D eigenvalue weighted by atomic mass is 32.2. The van der Waals surface area contributed by atoms with Gasteiger partial charge in [-0.1, -0.05) is 13.0 Å². The Morgan fingerprint density at radius 3 is 2.95 bits per heavy atom. The van der Waals surface area contributed by atoms with Gasteiger partial charge in [-0.25, -0.2) is 0 Å². The van der Waals surface area contributed by atoms with Crippen LogP contribution in [0.2, 0.25) is 0 Å². The molecule has 1 aromatic rings. The zero-order valence-corrected chi connectivity index (χ0v) is 12.5. The number of hydrogen-bond acceptors (Lipinski definition) is 3. The molecule has 104 valence electrons. The van der Waals surface area contributed by atoms with Crippen LogP contribution in [0.15, 0.2) is 24.3 Å². The molecule has 0 aliphatic heterocycles. The van der Waals surface area contributed by atoms with Gasteiger partial charge < -0.3 is 10.6 Å². The molecular weight excluding hydrogens is 256 g/mol. The van der Waals surface area contributed by atoms with Gasteiger partial charge in [-0.05, 0) is 43.2 Å². The highest BCUT2D eigenvalue weighted by molar-refractivity contribution is 7.99. The maximum absolute atomic E-state index is 12.4. The standard InChI is InChI=1S/C15H22N2OS/c1-3-19-14-8-7-13(10-14)17(2)15(18)11-5-4-6-12(16)9-11/h4-6,9,13-14H,3,7-8,10,16H2,1-2H3/t13-,14+/m0/s1. The summed E-state index contributed by atoms with van der Waals surface area (Å²) in [5, 5.41) is 0.714. The number of benzene rings is 1. The van der Waals surface area contributed by atoms with Gasteiger partial charge in [0.05, 0.1) is 0 Å². The molecule has 2 rings (SSSR count). The molecule has 0 unspecified atom stereocenters. The minimum Gasteiger partial charge on any atom is -0.399 e. The van der Waals surface area contributed by atoms with Crippen molar-refractivity contribution in [2.75, 3.05) is 18.5 Å². The molecule has 3 nitrogen and oxygen atoms in total. The second-order valence-electron chi connectivity index (χ2n) is 5.09. The Morgan fingerprint density at radius 2 is 2.26 bits per heavy atom. The maximum atomic E-state index is 12.4. The number of nitrogens with zero attached hydrogens (tertiary/aromatic N) is 1. The van der Waals surface area contributed by atoms with Crippen molar-refractivity contribution in [2.45, 2.75) is 37.5 Å². The fraction of sp³-hybridized carbons (Fsp3) is 0.533. The fourth-order valence-corrected chi connectivity index (χ4v) is 3.83. The number of carbonyl (C=O) groups excluding carboxylic acids is 1. The Labute approximate surface area is 119 Å². The van der Waals surface area contributed by atoms with Crippen molar-refractivity contribution in [1.29, 1.82) is 0 Å². The molecule has 1 aliphatic carbocycles. The summed E-state index contributed by atoms with van der Waals surface area (Å²) in [6.45, 7) is 2.19. The molecule has 2 atom stereocenters. The van der Waals surface area contributed by atoms with Gasteiger partial charge in [-0.15, -0.1) is 0 Å². The van der Waals surface area contributed by atoms with Crippen molar-refractivity contribution in [2.24, 2.45) is 0 Å². The molecule has 0 aromatic heterocycles. The second-order valence-corrected chi connectivity index (χ2v) is 6.66. The predicted molar refractivity (Wildman–Crippen MR) is 82.5 cm³/mol. The summed E-state index contributed by atoms with van der Waals surface area (Å²) in [7, 11) is 1.91. The lowest BCUT2D eigenvalue weighted by Crippen LogP contribution is -2.35. The summed E-state index contributed by atoms with van der Waals surface area (Å²) in [6, 6.07) is 7.60. The molecule has 1 amide bonds. The van der Waals surface area contributed by atoms with Crippen LogP contribution < -0.4 is 5.73 Å². The van der Waals surface area contributed by atoms with Crippen LogP contribution in [0, 0.1) is 0 Å². The summed E-state index contributed by atoms with van der Waals surface area (Å²) < 4.78 is 0. The van der Waals surface area contributed by atoms with E-state index in [-0.39, 0.29) is 5.91 Å². The third-order valence-electron chi connectivity index (χ3n) is 3.76. The minimum atomic E-state index is 0.0828. The third-order valence-corrected chi connectivity index (χ3v) is 4.99. The van der Waals surface area contributed by atoms with Gasteiger partial charge in [-0.2, -0.15) is 11.8 Å². The van der Waals surface area contributed by atoms with Crippen LogP contribution in [0.3, 0.4) is 0 Å². The number of nitrogens with two attached hydrogens (primary N) is 1. The van der Waals surface area contributed by atoms with Crippen LogP contribution in [0.1, 0.15) is 36.5 Å². The fourth-order valence-electron chi connectivity index (χ4n) is 2.70. The number of nitrogen functional groups attached to an aromatic ring is 1. The first-order chi connectivity index (χ1) is 9.11.